The van der Waals surface area contributed by atoms with E-state index < -0.39 is 11.5 Å². The van der Waals surface area contributed by atoms with Crippen LogP contribution in [0.2, 0.25) is 0 Å². The van der Waals surface area contributed by atoms with E-state index in [1.165, 1.54) is 6.92 Å². The zero-order valence-corrected chi connectivity index (χ0v) is 13.8. The van der Waals surface area contributed by atoms with Gasteiger partial charge in [0.1, 0.15) is 11.3 Å². The second kappa shape index (κ2) is 7.35. The molecular formula is C16H25NO5. The number of carboxylic acids is 1. The summed E-state index contributed by atoms with van der Waals surface area (Å²) in [7, 11) is 4.71. The molecule has 3 N–H and O–H groups in total. The lowest BCUT2D eigenvalue weighted by molar-refractivity contribution is -0.143. The van der Waals surface area contributed by atoms with E-state index in [1.54, 1.807) is 27.4 Å². The lowest BCUT2D eigenvalue weighted by Gasteiger charge is -2.24. The molecule has 0 radical (unpaired) electrons. The molecule has 1 aromatic carbocycles. The molecule has 0 amide bonds. The molecule has 2 unspecified atom stereocenters. The van der Waals surface area contributed by atoms with Gasteiger partial charge in [0.15, 0.2) is 11.5 Å². The van der Waals surface area contributed by atoms with E-state index in [-0.39, 0.29) is 5.92 Å². The lowest BCUT2D eigenvalue weighted by atomic mass is 9.87. The Morgan fingerprint density at radius 2 is 1.91 bits per heavy atom. The van der Waals surface area contributed by atoms with Crippen molar-refractivity contribution in [1.82, 2.24) is 0 Å². The van der Waals surface area contributed by atoms with Crippen molar-refractivity contribution in [3.05, 3.63) is 17.7 Å². The van der Waals surface area contributed by atoms with Crippen LogP contribution in [0.4, 0.5) is 0 Å². The second-order valence-corrected chi connectivity index (χ2v) is 5.76. The summed E-state index contributed by atoms with van der Waals surface area (Å²) < 4.78 is 16.0. The summed E-state index contributed by atoms with van der Waals surface area (Å²) in [6, 6.07) is 3.61. The highest BCUT2D eigenvalue weighted by Crippen LogP contribution is 2.37. The first-order valence-electron chi connectivity index (χ1n) is 7.06. The molecule has 0 saturated heterocycles. The number of nitrogens with two attached hydrogens (primary N) is 1. The Morgan fingerprint density at radius 3 is 2.36 bits per heavy atom. The van der Waals surface area contributed by atoms with Crippen molar-refractivity contribution in [3.8, 4) is 17.2 Å². The molecular weight excluding hydrogens is 286 g/mol. The van der Waals surface area contributed by atoms with Crippen LogP contribution < -0.4 is 19.9 Å². The van der Waals surface area contributed by atoms with E-state index in [1.807, 2.05) is 13.0 Å². The Hall–Kier alpha value is -1.95. The summed E-state index contributed by atoms with van der Waals surface area (Å²) >= 11 is 0. The molecule has 0 aliphatic carbocycles. The van der Waals surface area contributed by atoms with Gasteiger partial charge in [-0.3, -0.25) is 4.79 Å². The molecule has 0 aliphatic rings. The normalized spacial score (nSPS) is 14.8. The van der Waals surface area contributed by atoms with Crippen LogP contribution in [-0.2, 0) is 11.2 Å². The van der Waals surface area contributed by atoms with Crippen LogP contribution in [0.3, 0.4) is 0 Å². The molecule has 0 saturated carbocycles. The van der Waals surface area contributed by atoms with Crippen molar-refractivity contribution < 1.29 is 24.1 Å². The topological polar surface area (TPSA) is 91.0 Å². The van der Waals surface area contributed by atoms with Crippen LogP contribution in [0.15, 0.2) is 12.1 Å². The summed E-state index contributed by atoms with van der Waals surface area (Å²) in [5, 5.41) is 9.13. The maximum Gasteiger partial charge on any atom is 0.323 e. The Labute approximate surface area is 131 Å². The maximum absolute atomic E-state index is 11.1. The predicted octanol–water partition coefficient (Wildman–Crippen LogP) is 2.08. The highest BCUT2D eigenvalue weighted by Gasteiger charge is 2.30. The number of carboxylic acid groups (broad SMARTS) is 1. The van der Waals surface area contributed by atoms with Gasteiger partial charge in [0.05, 0.1) is 21.3 Å². The Kier molecular flexibility index (Phi) is 6.05. The van der Waals surface area contributed by atoms with Gasteiger partial charge in [-0.05, 0) is 31.7 Å². The summed E-state index contributed by atoms with van der Waals surface area (Å²) in [6.45, 7) is 3.48. The standard InChI is InChI=1S/C16H25NO5/c1-10(9-16(2,17)15(18)19)6-11-7-12(20-3)8-13(21-4)14(11)22-5/h7-8,10H,6,9,17H2,1-5H3,(H,18,19). The fourth-order valence-electron chi connectivity index (χ4n) is 2.54. The van der Waals surface area contributed by atoms with Crippen LogP contribution in [0.1, 0.15) is 25.8 Å². The number of benzene rings is 1. The van der Waals surface area contributed by atoms with Crippen molar-refractivity contribution in [2.75, 3.05) is 21.3 Å². The molecule has 0 fully saturated rings. The minimum atomic E-state index is -1.25. The Morgan fingerprint density at radius 1 is 1.27 bits per heavy atom. The first-order chi connectivity index (χ1) is 10.2. The summed E-state index contributed by atoms with van der Waals surface area (Å²) in [5.41, 5.74) is 5.46. The third-order valence-electron chi connectivity index (χ3n) is 3.59. The lowest BCUT2D eigenvalue weighted by Crippen LogP contribution is -2.46. The van der Waals surface area contributed by atoms with Gasteiger partial charge in [-0.25, -0.2) is 0 Å². The van der Waals surface area contributed by atoms with Crippen molar-refractivity contribution in [2.45, 2.75) is 32.2 Å². The molecule has 0 aromatic heterocycles. The van der Waals surface area contributed by atoms with Gasteiger partial charge in [0, 0.05) is 11.6 Å². The fraction of sp³-hybridized carbons (Fsp3) is 0.562. The minimum Gasteiger partial charge on any atom is -0.497 e. The molecule has 0 heterocycles. The van der Waals surface area contributed by atoms with Gasteiger partial charge < -0.3 is 25.1 Å². The number of aliphatic carboxylic acids is 1. The van der Waals surface area contributed by atoms with Crippen LogP contribution in [0.25, 0.3) is 0 Å². The van der Waals surface area contributed by atoms with Gasteiger partial charge >= 0.3 is 5.97 Å². The largest absolute Gasteiger partial charge is 0.497 e. The predicted molar refractivity (Wildman–Crippen MR) is 83.8 cm³/mol. The van der Waals surface area contributed by atoms with Crippen molar-refractivity contribution in [1.29, 1.82) is 0 Å². The fourth-order valence-corrected chi connectivity index (χ4v) is 2.54. The van der Waals surface area contributed by atoms with Crippen LogP contribution in [0, 0.1) is 5.92 Å². The molecule has 6 heteroatoms. The van der Waals surface area contributed by atoms with Crippen LogP contribution in [-0.4, -0.2) is 37.9 Å². The Balaban J connectivity index is 3.03. The Bertz CT molecular complexity index is 528. The van der Waals surface area contributed by atoms with Crippen molar-refractivity contribution in [3.63, 3.8) is 0 Å². The molecule has 6 nitrogen and oxygen atoms in total. The van der Waals surface area contributed by atoms with Crippen LogP contribution >= 0.6 is 0 Å². The average Bonchev–Trinajstić information content (AvgIpc) is 2.45. The van der Waals surface area contributed by atoms with E-state index in [0.717, 1.165) is 5.56 Å². The van der Waals surface area contributed by atoms with Gasteiger partial charge in [0.2, 0.25) is 0 Å². The quantitative estimate of drug-likeness (QED) is 0.764. The van der Waals surface area contributed by atoms with Crippen LogP contribution in [0.5, 0.6) is 17.2 Å². The van der Waals surface area contributed by atoms with Gasteiger partial charge in [-0.15, -0.1) is 0 Å². The SMILES string of the molecule is COc1cc(CC(C)CC(C)(N)C(=O)O)c(OC)c(OC)c1. The number of carbonyl (C=O) groups is 1. The van der Waals surface area contributed by atoms with Gasteiger partial charge in [-0.2, -0.15) is 0 Å². The molecule has 2 atom stereocenters. The number of methoxy groups -OCH3 is 3. The highest BCUT2D eigenvalue weighted by atomic mass is 16.5. The number of hydrogen-bond acceptors (Lipinski definition) is 5. The van der Waals surface area contributed by atoms with Crippen molar-refractivity contribution >= 4 is 5.97 Å². The van der Waals surface area contributed by atoms with E-state index in [0.29, 0.717) is 30.1 Å². The summed E-state index contributed by atoms with van der Waals surface area (Å²) in [5.74, 6) is 0.918. The molecule has 0 bridgehead atoms. The first-order valence-corrected chi connectivity index (χ1v) is 7.06. The zero-order chi connectivity index (χ0) is 16.9. The number of hydrogen-bond donors (Lipinski definition) is 2. The third kappa shape index (κ3) is 4.27. The highest BCUT2D eigenvalue weighted by molar-refractivity contribution is 5.77. The van der Waals surface area contributed by atoms with Crippen molar-refractivity contribution in [2.24, 2.45) is 11.7 Å². The van der Waals surface area contributed by atoms with E-state index >= 15 is 0 Å². The minimum absolute atomic E-state index is 0.0526. The molecule has 1 aromatic rings. The maximum atomic E-state index is 11.1. The monoisotopic (exact) mass is 311 g/mol. The molecule has 0 spiro atoms. The second-order valence-electron chi connectivity index (χ2n) is 5.76. The summed E-state index contributed by atoms with van der Waals surface area (Å²) in [6.07, 6.45) is 0.960. The molecule has 1 rings (SSSR count). The summed E-state index contributed by atoms with van der Waals surface area (Å²) in [4.78, 5) is 11.1. The zero-order valence-electron chi connectivity index (χ0n) is 13.8. The molecule has 0 aliphatic heterocycles. The van der Waals surface area contributed by atoms with E-state index in [4.69, 9.17) is 25.1 Å². The molecule has 124 valence electrons. The van der Waals surface area contributed by atoms with Gasteiger partial charge in [0.25, 0.3) is 0 Å². The third-order valence-corrected chi connectivity index (χ3v) is 3.59. The smallest absolute Gasteiger partial charge is 0.323 e. The van der Waals surface area contributed by atoms with Gasteiger partial charge in [-0.1, -0.05) is 6.92 Å². The first kappa shape index (κ1) is 18.1. The molecule has 22 heavy (non-hydrogen) atoms. The average molecular weight is 311 g/mol. The number of rotatable bonds is 8. The van der Waals surface area contributed by atoms with E-state index in [2.05, 4.69) is 0 Å². The van der Waals surface area contributed by atoms with E-state index in [9.17, 15) is 4.79 Å². The number of ether oxygens (including phenoxy) is 3.